The lowest BCUT2D eigenvalue weighted by Crippen LogP contribution is -2.40. The highest BCUT2D eigenvalue weighted by Gasteiger charge is 2.37. The van der Waals surface area contributed by atoms with Crippen LogP contribution in [0, 0.1) is 23.1 Å². The van der Waals surface area contributed by atoms with Crippen LogP contribution < -0.4 is 5.32 Å². The average Bonchev–Trinajstić information content (AvgIpc) is 2.76. The van der Waals surface area contributed by atoms with Crippen molar-refractivity contribution >= 4 is 5.78 Å². The molecule has 0 aromatic carbocycles. The number of aromatic nitrogens is 1. The fourth-order valence-corrected chi connectivity index (χ4v) is 3.16. The molecule has 2 aliphatic heterocycles. The monoisotopic (exact) mass is 259 g/mol. The van der Waals surface area contributed by atoms with Gasteiger partial charge in [0.15, 0.2) is 17.3 Å². The van der Waals surface area contributed by atoms with Gasteiger partial charge in [0.1, 0.15) is 6.07 Å². The second-order valence-corrected chi connectivity index (χ2v) is 5.34. The molecule has 2 aliphatic rings. The number of nitrogens with zero attached hydrogens (tertiary/aromatic N) is 2. The predicted molar refractivity (Wildman–Crippen MR) is 65.9 cm³/mol. The molecule has 0 saturated carbocycles. The summed E-state index contributed by atoms with van der Waals surface area (Å²) in [6, 6.07) is 3.63. The number of nitrogens with one attached hydrogen (secondary N) is 1. The van der Waals surface area contributed by atoms with E-state index < -0.39 is 5.82 Å². The minimum absolute atomic E-state index is 0.0470. The summed E-state index contributed by atoms with van der Waals surface area (Å²) >= 11 is 0. The predicted octanol–water partition coefficient (Wildman–Crippen LogP) is 1.81. The van der Waals surface area contributed by atoms with Crippen LogP contribution in [0.2, 0.25) is 0 Å². The molecular formula is C14H14FN3O. The van der Waals surface area contributed by atoms with E-state index in [1.165, 1.54) is 6.20 Å². The minimum atomic E-state index is -0.717. The Balaban J connectivity index is 1.80. The van der Waals surface area contributed by atoms with Gasteiger partial charge in [-0.25, -0.2) is 9.37 Å². The Labute approximate surface area is 110 Å². The first kappa shape index (κ1) is 12.2. The molecule has 2 saturated heterocycles. The molecule has 0 aliphatic carbocycles. The van der Waals surface area contributed by atoms with Crippen LogP contribution >= 0.6 is 0 Å². The lowest BCUT2D eigenvalue weighted by atomic mass is 9.86. The normalized spacial score (nSPS) is 28.9. The number of nitriles is 1. The zero-order valence-corrected chi connectivity index (χ0v) is 10.4. The number of Topliss-reactive ketones (excluding diaryl/α,β-unsaturated/α-hetero) is 1. The van der Waals surface area contributed by atoms with Crippen molar-refractivity contribution in [1.82, 2.24) is 10.3 Å². The Morgan fingerprint density at radius 1 is 1.42 bits per heavy atom. The van der Waals surface area contributed by atoms with Crippen molar-refractivity contribution in [1.29, 1.82) is 5.26 Å². The number of carbonyl (C=O) groups is 1. The van der Waals surface area contributed by atoms with Crippen molar-refractivity contribution in [3.8, 4) is 6.07 Å². The zero-order chi connectivity index (χ0) is 13.4. The molecule has 2 fully saturated rings. The smallest absolute Gasteiger partial charge is 0.176 e. The molecule has 1 N–H and O–H groups in total. The number of ketones is 1. The lowest BCUT2D eigenvalue weighted by molar-refractivity contribution is 0.0875. The maximum atomic E-state index is 13.5. The van der Waals surface area contributed by atoms with Crippen molar-refractivity contribution in [2.24, 2.45) is 5.92 Å². The topological polar surface area (TPSA) is 65.8 Å². The Morgan fingerprint density at radius 3 is 2.68 bits per heavy atom. The molecule has 2 bridgehead atoms. The standard InChI is InChI=1S/C14H14FN3O/c15-12-5-9(7-17-13(12)6-16)14(19)8-3-10-1-2-11(4-8)18-10/h5,7-8,10-11,18H,1-4H2. The summed E-state index contributed by atoms with van der Waals surface area (Å²) in [5, 5.41) is 12.1. The van der Waals surface area contributed by atoms with E-state index in [0.29, 0.717) is 12.1 Å². The van der Waals surface area contributed by atoms with Crippen LogP contribution in [-0.2, 0) is 0 Å². The molecule has 3 heterocycles. The summed E-state index contributed by atoms with van der Waals surface area (Å²) in [7, 11) is 0. The molecule has 3 rings (SSSR count). The Morgan fingerprint density at radius 2 is 2.11 bits per heavy atom. The molecule has 19 heavy (non-hydrogen) atoms. The Bertz CT molecular complexity index is 554. The number of hydrogen-bond donors (Lipinski definition) is 1. The van der Waals surface area contributed by atoms with Crippen LogP contribution in [0.25, 0.3) is 0 Å². The maximum Gasteiger partial charge on any atom is 0.176 e. The summed E-state index contributed by atoms with van der Waals surface area (Å²) in [5.41, 5.74) is 0.0183. The fraction of sp³-hybridized carbons (Fsp3) is 0.500. The van der Waals surface area contributed by atoms with Gasteiger partial charge in [0.2, 0.25) is 0 Å². The number of fused-ring (bicyclic) bond motifs is 2. The highest BCUT2D eigenvalue weighted by Crippen LogP contribution is 2.32. The first-order valence-corrected chi connectivity index (χ1v) is 6.53. The highest BCUT2D eigenvalue weighted by atomic mass is 19.1. The van der Waals surface area contributed by atoms with E-state index in [1.807, 2.05) is 0 Å². The summed E-state index contributed by atoms with van der Waals surface area (Å²) in [5.74, 6) is -0.813. The van der Waals surface area contributed by atoms with E-state index in [-0.39, 0.29) is 23.0 Å². The minimum Gasteiger partial charge on any atom is -0.311 e. The molecule has 0 amide bonds. The van der Waals surface area contributed by atoms with Gasteiger partial charge in [-0.15, -0.1) is 0 Å². The third-order valence-corrected chi connectivity index (χ3v) is 4.08. The molecule has 1 aromatic rings. The molecule has 2 unspecified atom stereocenters. The molecule has 4 nitrogen and oxygen atoms in total. The SMILES string of the molecule is N#Cc1ncc(C(=O)C2CC3CCC(C2)N3)cc1F. The third kappa shape index (κ3) is 2.24. The molecule has 2 atom stereocenters. The number of carbonyl (C=O) groups excluding carboxylic acids is 1. The Hall–Kier alpha value is -1.80. The van der Waals surface area contributed by atoms with E-state index in [4.69, 9.17) is 5.26 Å². The van der Waals surface area contributed by atoms with Gasteiger partial charge in [-0.3, -0.25) is 4.79 Å². The van der Waals surface area contributed by atoms with Crippen LogP contribution in [0.1, 0.15) is 41.7 Å². The van der Waals surface area contributed by atoms with E-state index in [9.17, 15) is 9.18 Å². The van der Waals surface area contributed by atoms with E-state index in [1.54, 1.807) is 6.07 Å². The first-order valence-electron chi connectivity index (χ1n) is 6.53. The first-order chi connectivity index (χ1) is 9.17. The number of hydrogen-bond acceptors (Lipinski definition) is 4. The summed E-state index contributed by atoms with van der Waals surface area (Å²) < 4.78 is 13.5. The fourth-order valence-electron chi connectivity index (χ4n) is 3.16. The summed E-state index contributed by atoms with van der Waals surface area (Å²) in [6.45, 7) is 0. The molecule has 5 heteroatoms. The second-order valence-electron chi connectivity index (χ2n) is 5.34. The summed E-state index contributed by atoms with van der Waals surface area (Å²) in [4.78, 5) is 16.0. The van der Waals surface area contributed by atoms with Crippen LogP contribution in [0.15, 0.2) is 12.3 Å². The van der Waals surface area contributed by atoms with Gasteiger partial charge in [0.05, 0.1) is 0 Å². The third-order valence-electron chi connectivity index (χ3n) is 4.08. The van der Waals surface area contributed by atoms with Crippen molar-refractivity contribution in [2.75, 3.05) is 0 Å². The molecule has 0 radical (unpaired) electrons. The van der Waals surface area contributed by atoms with E-state index in [0.717, 1.165) is 31.7 Å². The molecule has 1 aromatic heterocycles. The highest BCUT2D eigenvalue weighted by molar-refractivity contribution is 5.97. The van der Waals surface area contributed by atoms with Crippen LogP contribution in [-0.4, -0.2) is 22.9 Å². The number of halogens is 1. The van der Waals surface area contributed by atoms with Crippen molar-refractivity contribution in [3.05, 3.63) is 29.3 Å². The summed E-state index contributed by atoms with van der Waals surface area (Å²) in [6.07, 6.45) is 5.19. The van der Waals surface area contributed by atoms with Crippen molar-refractivity contribution in [2.45, 2.75) is 37.8 Å². The van der Waals surface area contributed by atoms with Gasteiger partial charge < -0.3 is 5.32 Å². The largest absolute Gasteiger partial charge is 0.311 e. The zero-order valence-electron chi connectivity index (χ0n) is 10.4. The Kier molecular flexibility index (Phi) is 3.03. The van der Waals surface area contributed by atoms with Crippen LogP contribution in [0.4, 0.5) is 4.39 Å². The van der Waals surface area contributed by atoms with Crippen molar-refractivity contribution < 1.29 is 9.18 Å². The number of pyridine rings is 1. The molecule has 98 valence electrons. The lowest BCUT2D eigenvalue weighted by Gasteiger charge is -2.28. The van der Waals surface area contributed by atoms with Crippen molar-refractivity contribution in [3.63, 3.8) is 0 Å². The number of rotatable bonds is 2. The molecule has 0 spiro atoms. The van der Waals surface area contributed by atoms with E-state index >= 15 is 0 Å². The molecular weight excluding hydrogens is 245 g/mol. The average molecular weight is 259 g/mol. The van der Waals surface area contributed by atoms with Gasteiger partial charge in [0, 0.05) is 29.8 Å². The van der Waals surface area contributed by atoms with Gasteiger partial charge >= 0.3 is 0 Å². The van der Waals surface area contributed by atoms with Crippen LogP contribution in [0.3, 0.4) is 0 Å². The maximum absolute atomic E-state index is 13.5. The van der Waals surface area contributed by atoms with Gasteiger partial charge in [-0.1, -0.05) is 0 Å². The quantitative estimate of drug-likeness (QED) is 0.822. The van der Waals surface area contributed by atoms with Gasteiger partial charge in [0.25, 0.3) is 0 Å². The van der Waals surface area contributed by atoms with E-state index in [2.05, 4.69) is 10.3 Å². The van der Waals surface area contributed by atoms with Gasteiger partial charge in [-0.2, -0.15) is 5.26 Å². The number of piperidine rings is 1. The van der Waals surface area contributed by atoms with Crippen LogP contribution in [0.5, 0.6) is 0 Å². The second kappa shape index (κ2) is 4.71. The van der Waals surface area contributed by atoms with Gasteiger partial charge in [-0.05, 0) is 31.7 Å².